The molecule has 0 bridgehead atoms. The molecule has 0 fully saturated rings. The minimum absolute atomic E-state index is 0.0691. The Kier molecular flexibility index (Phi) is 4.91. The Morgan fingerprint density at radius 2 is 2.22 bits per heavy atom. The number of aryl methyl sites for hydroxylation is 1. The van der Waals surface area contributed by atoms with E-state index in [1.807, 2.05) is 0 Å². The summed E-state index contributed by atoms with van der Waals surface area (Å²) in [5.74, 6) is -1.08. The van der Waals surface area contributed by atoms with Gasteiger partial charge in [0.2, 0.25) is 0 Å². The maximum absolute atomic E-state index is 11.3. The zero-order valence-electron chi connectivity index (χ0n) is 9.70. The summed E-state index contributed by atoms with van der Waals surface area (Å²) in [7, 11) is 0. The van der Waals surface area contributed by atoms with E-state index in [2.05, 4.69) is 27.8 Å². The van der Waals surface area contributed by atoms with Crippen molar-refractivity contribution in [2.45, 2.75) is 6.92 Å². The molecule has 0 unspecified atom stereocenters. The summed E-state index contributed by atoms with van der Waals surface area (Å²) >= 11 is 3.15. The van der Waals surface area contributed by atoms with E-state index in [0.717, 1.165) is 5.56 Å². The lowest BCUT2D eigenvalue weighted by Gasteiger charge is -2.10. The average molecular weight is 314 g/mol. The standard InChI is InChI=1S/C12H12BrNO4/c1-3-4-18-12(17)14-10-6-8(11(15)16)9(13)5-7(10)2/h3,5-6H,1,4H2,2H3,(H,14,17)(H,15,16). The molecule has 0 radical (unpaired) electrons. The van der Waals surface area contributed by atoms with Crippen LogP contribution in [0.25, 0.3) is 0 Å². The summed E-state index contributed by atoms with van der Waals surface area (Å²) in [4.78, 5) is 22.3. The predicted octanol–water partition coefficient (Wildman–Crippen LogP) is 3.19. The van der Waals surface area contributed by atoms with Crippen molar-refractivity contribution in [3.8, 4) is 0 Å². The second-order valence-corrected chi connectivity index (χ2v) is 4.32. The van der Waals surface area contributed by atoms with Gasteiger partial charge in [0.1, 0.15) is 6.61 Å². The summed E-state index contributed by atoms with van der Waals surface area (Å²) < 4.78 is 5.21. The molecule has 96 valence electrons. The molecule has 5 nitrogen and oxygen atoms in total. The first-order valence-corrected chi connectivity index (χ1v) is 5.83. The van der Waals surface area contributed by atoms with Gasteiger partial charge in [0, 0.05) is 10.2 Å². The fraction of sp³-hybridized carbons (Fsp3) is 0.167. The molecule has 0 atom stereocenters. The van der Waals surface area contributed by atoms with Crippen LogP contribution in [0, 0.1) is 6.92 Å². The molecule has 1 amide bonds. The van der Waals surface area contributed by atoms with Gasteiger partial charge in [0.05, 0.1) is 5.56 Å². The van der Waals surface area contributed by atoms with Gasteiger partial charge in [-0.05, 0) is 40.5 Å². The van der Waals surface area contributed by atoms with Crippen molar-refractivity contribution in [3.63, 3.8) is 0 Å². The minimum Gasteiger partial charge on any atom is -0.478 e. The zero-order valence-corrected chi connectivity index (χ0v) is 11.3. The number of nitrogens with one attached hydrogen (secondary N) is 1. The number of hydrogen-bond acceptors (Lipinski definition) is 3. The maximum atomic E-state index is 11.3. The number of carboxylic acids is 1. The third-order valence-corrected chi connectivity index (χ3v) is 2.77. The molecule has 6 heteroatoms. The highest BCUT2D eigenvalue weighted by Crippen LogP contribution is 2.25. The van der Waals surface area contributed by atoms with Gasteiger partial charge in [-0.2, -0.15) is 0 Å². The van der Waals surface area contributed by atoms with E-state index in [4.69, 9.17) is 9.84 Å². The Balaban J connectivity index is 2.95. The molecule has 0 aliphatic rings. The van der Waals surface area contributed by atoms with Crippen molar-refractivity contribution in [2.24, 2.45) is 0 Å². The van der Waals surface area contributed by atoms with Crippen molar-refractivity contribution in [1.29, 1.82) is 0 Å². The van der Waals surface area contributed by atoms with E-state index in [9.17, 15) is 9.59 Å². The highest BCUT2D eigenvalue weighted by molar-refractivity contribution is 9.10. The summed E-state index contributed by atoms with van der Waals surface area (Å²) in [6.45, 7) is 5.26. The van der Waals surface area contributed by atoms with E-state index >= 15 is 0 Å². The van der Waals surface area contributed by atoms with Crippen LogP contribution in [0.5, 0.6) is 0 Å². The summed E-state index contributed by atoms with van der Waals surface area (Å²) in [6.07, 6.45) is 0.785. The van der Waals surface area contributed by atoms with Crippen molar-refractivity contribution >= 4 is 33.7 Å². The van der Waals surface area contributed by atoms with Crippen LogP contribution in [0.3, 0.4) is 0 Å². The van der Waals surface area contributed by atoms with Crippen LogP contribution in [0.2, 0.25) is 0 Å². The largest absolute Gasteiger partial charge is 0.478 e. The lowest BCUT2D eigenvalue weighted by Crippen LogP contribution is -2.15. The van der Waals surface area contributed by atoms with Crippen LogP contribution in [-0.4, -0.2) is 23.8 Å². The third-order valence-electron chi connectivity index (χ3n) is 2.11. The summed E-state index contributed by atoms with van der Waals surface area (Å²) in [6, 6.07) is 2.99. The highest BCUT2D eigenvalue weighted by atomic mass is 79.9. The Bertz CT molecular complexity index is 499. The van der Waals surface area contributed by atoms with E-state index < -0.39 is 12.1 Å². The first-order chi connectivity index (χ1) is 8.45. The lowest BCUT2D eigenvalue weighted by atomic mass is 10.1. The van der Waals surface area contributed by atoms with Crippen LogP contribution in [0.4, 0.5) is 10.5 Å². The fourth-order valence-corrected chi connectivity index (χ4v) is 1.88. The predicted molar refractivity (Wildman–Crippen MR) is 71.0 cm³/mol. The molecule has 0 heterocycles. The average Bonchev–Trinajstić information content (AvgIpc) is 2.29. The molecule has 1 aromatic rings. The number of hydrogen-bond donors (Lipinski definition) is 2. The first kappa shape index (κ1) is 14.2. The number of aromatic carboxylic acids is 1. The molecule has 1 rings (SSSR count). The molecule has 0 aliphatic carbocycles. The molecule has 0 aliphatic heterocycles. The van der Waals surface area contributed by atoms with Crippen molar-refractivity contribution in [1.82, 2.24) is 0 Å². The first-order valence-electron chi connectivity index (χ1n) is 5.03. The number of ether oxygens (including phenoxy) is 1. The number of anilines is 1. The topological polar surface area (TPSA) is 75.6 Å². The van der Waals surface area contributed by atoms with Gasteiger partial charge in [-0.25, -0.2) is 9.59 Å². The third kappa shape index (κ3) is 3.59. The maximum Gasteiger partial charge on any atom is 0.411 e. The molecular weight excluding hydrogens is 302 g/mol. The van der Waals surface area contributed by atoms with Gasteiger partial charge in [0.25, 0.3) is 0 Å². The van der Waals surface area contributed by atoms with E-state index in [1.54, 1.807) is 13.0 Å². The van der Waals surface area contributed by atoms with Crippen LogP contribution in [-0.2, 0) is 4.74 Å². The molecule has 0 aromatic heterocycles. The SMILES string of the molecule is C=CCOC(=O)Nc1cc(C(=O)O)c(Br)cc1C. The van der Waals surface area contributed by atoms with E-state index in [0.29, 0.717) is 10.2 Å². The molecule has 0 saturated carbocycles. The van der Waals surface area contributed by atoms with Gasteiger partial charge in [-0.15, -0.1) is 0 Å². The number of carbonyl (C=O) groups is 2. The van der Waals surface area contributed by atoms with Crippen molar-refractivity contribution in [2.75, 3.05) is 11.9 Å². The Labute approximate surface area is 113 Å². The number of halogens is 1. The monoisotopic (exact) mass is 313 g/mol. The number of amides is 1. The Morgan fingerprint density at radius 3 is 2.78 bits per heavy atom. The number of carbonyl (C=O) groups excluding carboxylic acids is 1. The summed E-state index contributed by atoms with van der Waals surface area (Å²) in [5, 5.41) is 11.4. The van der Waals surface area contributed by atoms with Gasteiger partial charge < -0.3 is 9.84 Å². The van der Waals surface area contributed by atoms with E-state index in [-0.39, 0.29) is 12.2 Å². The van der Waals surface area contributed by atoms with Crippen LogP contribution in [0.1, 0.15) is 15.9 Å². The van der Waals surface area contributed by atoms with Crippen molar-refractivity contribution < 1.29 is 19.4 Å². The van der Waals surface area contributed by atoms with Crippen LogP contribution >= 0.6 is 15.9 Å². The quantitative estimate of drug-likeness (QED) is 0.837. The molecule has 1 aromatic carbocycles. The molecule has 0 spiro atoms. The lowest BCUT2D eigenvalue weighted by molar-refractivity contribution is 0.0696. The van der Waals surface area contributed by atoms with Gasteiger partial charge in [-0.3, -0.25) is 5.32 Å². The van der Waals surface area contributed by atoms with Gasteiger partial charge in [0.15, 0.2) is 0 Å². The number of rotatable bonds is 4. The number of carboxylic acid groups (broad SMARTS) is 1. The van der Waals surface area contributed by atoms with Crippen LogP contribution < -0.4 is 5.32 Å². The second-order valence-electron chi connectivity index (χ2n) is 3.46. The van der Waals surface area contributed by atoms with Gasteiger partial charge in [-0.1, -0.05) is 12.7 Å². The zero-order chi connectivity index (χ0) is 13.7. The molecule has 18 heavy (non-hydrogen) atoms. The van der Waals surface area contributed by atoms with Crippen molar-refractivity contribution in [3.05, 3.63) is 40.4 Å². The normalized spacial score (nSPS) is 9.67. The molecule has 2 N–H and O–H groups in total. The minimum atomic E-state index is -1.08. The second kappa shape index (κ2) is 6.20. The van der Waals surface area contributed by atoms with Gasteiger partial charge >= 0.3 is 12.1 Å². The summed E-state index contributed by atoms with van der Waals surface area (Å²) in [5.41, 5.74) is 1.19. The van der Waals surface area contributed by atoms with E-state index in [1.165, 1.54) is 12.1 Å². The number of benzene rings is 1. The molecular formula is C12H12BrNO4. The van der Waals surface area contributed by atoms with Crippen LogP contribution in [0.15, 0.2) is 29.3 Å². The molecule has 0 saturated heterocycles. The Morgan fingerprint density at radius 1 is 1.56 bits per heavy atom. The smallest absolute Gasteiger partial charge is 0.411 e. The fourth-order valence-electron chi connectivity index (χ4n) is 1.25. The highest BCUT2D eigenvalue weighted by Gasteiger charge is 2.13. The Hall–Kier alpha value is -1.82.